The summed E-state index contributed by atoms with van der Waals surface area (Å²) in [5, 5.41) is 10.7. The predicted octanol–water partition coefficient (Wildman–Crippen LogP) is 2.28. The summed E-state index contributed by atoms with van der Waals surface area (Å²) >= 11 is 6.99. The first-order chi connectivity index (χ1) is 13.9. The number of halogens is 1. The van der Waals surface area contributed by atoms with Crippen molar-refractivity contribution in [2.24, 2.45) is 0 Å². The summed E-state index contributed by atoms with van der Waals surface area (Å²) in [6.07, 6.45) is 0. The van der Waals surface area contributed by atoms with Gasteiger partial charge in [-0.1, -0.05) is 53.7 Å². The molecule has 0 bridgehead atoms. The highest BCUT2D eigenvalue weighted by Gasteiger charge is 2.17. The quantitative estimate of drug-likeness (QED) is 0.350. The summed E-state index contributed by atoms with van der Waals surface area (Å²) in [5.41, 5.74) is 0.742. The zero-order chi connectivity index (χ0) is 21.0. The molecule has 0 aliphatic heterocycles. The molecule has 3 N–H and O–H groups in total. The van der Waals surface area contributed by atoms with E-state index in [2.05, 4.69) is 15.5 Å². The minimum atomic E-state index is -0.489. The molecule has 3 rings (SSSR count). The van der Waals surface area contributed by atoms with E-state index in [-0.39, 0.29) is 27.9 Å². The molecule has 0 unspecified atom stereocenters. The second kappa shape index (κ2) is 8.89. The number of anilines is 1. The maximum absolute atomic E-state index is 12.8. The van der Waals surface area contributed by atoms with Crippen molar-refractivity contribution in [3.05, 3.63) is 80.7 Å². The van der Waals surface area contributed by atoms with Crippen LogP contribution in [0.5, 0.6) is 0 Å². The smallest absolute Gasteiger partial charge is 0.294 e. The number of carbonyl (C=O) groups excluding carboxylic acids is 2. The van der Waals surface area contributed by atoms with Crippen molar-refractivity contribution in [2.45, 2.75) is 12.1 Å². The van der Waals surface area contributed by atoms with Crippen molar-refractivity contribution in [3.63, 3.8) is 0 Å². The fourth-order valence-electron chi connectivity index (χ4n) is 2.44. The van der Waals surface area contributed by atoms with Crippen LogP contribution in [0.2, 0.25) is 5.02 Å². The van der Waals surface area contributed by atoms with E-state index in [9.17, 15) is 14.4 Å². The maximum Gasteiger partial charge on any atom is 0.294 e. The van der Waals surface area contributed by atoms with Gasteiger partial charge in [-0.25, -0.2) is 0 Å². The molecule has 0 spiro atoms. The second-order valence-electron chi connectivity index (χ2n) is 5.97. The molecule has 0 fully saturated rings. The van der Waals surface area contributed by atoms with E-state index in [1.807, 2.05) is 0 Å². The molecule has 10 heteroatoms. The fraction of sp³-hybridized carbons (Fsp3) is 0.105. The van der Waals surface area contributed by atoms with Gasteiger partial charge >= 0.3 is 0 Å². The van der Waals surface area contributed by atoms with E-state index >= 15 is 0 Å². The summed E-state index contributed by atoms with van der Waals surface area (Å²) in [6, 6.07) is 13.3. The normalized spacial score (nSPS) is 10.6. The van der Waals surface area contributed by atoms with Crippen LogP contribution in [-0.4, -0.2) is 32.3 Å². The number of nitrogens with zero attached hydrogens (tertiary/aromatic N) is 3. The molecule has 8 nitrogen and oxygen atoms in total. The summed E-state index contributed by atoms with van der Waals surface area (Å²) < 4.78 is 0.840. The van der Waals surface area contributed by atoms with Crippen LogP contribution in [0.3, 0.4) is 0 Å². The summed E-state index contributed by atoms with van der Waals surface area (Å²) in [4.78, 5) is 37.0. The molecule has 0 radical (unpaired) electrons. The maximum atomic E-state index is 12.8. The monoisotopic (exact) mass is 429 g/mol. The van der Waals surface area contributed by atoms with Gasteiger partial charge in [-0.2, -0.15) is 4.68 Å². The molecule has 1 aromatic heterocycles. The first-order valence-electron chi connectivity index (χ1n) is 8.40. The van der Waals surface area contributed by atoms with Gasteiger partial charge in [0.05, 0.1) is 11.4 Å². The average Bonchev–Trinajstić information content (AvgIpc) is 2.73. The molecule has 0 aliphatic rings. The van der Waals surface area contributed by atoms with E-state index in [1.165, 1.54) is 13.0 Å². The molecular weight excluding hydrogens is 414 g/mol. The van der Waals surface area contributed by atoms with Crippen LogP contribution >= 0.6 is 23.4 Å². The highest BCUT2D eigenvalue weighted by molar-refractivity contribution is 7.99. The van der Waals surface area contributed by atoms with Crippen LogP contribution in [0.25, 0.3) is 0 Å². The number of aromatic nitrogens is 3. The molecule has 148 valence electrons. The second-order valence-corrected chi connectivity index (χ2v) is 7.34. The highest BCUT2D eigenvalue weighted by atomic mass is 35.5. The van der Waals surface area contributed by atoms with E-state index in [0.29, 0.717) is 16.3 Å². The van der Waals surface area contributed by atoms with Gasteiger partial charge in [0, 0.05) is 16.1 Å². The Bertz CT molecular complexity index is 1130. The number of hydrogen-bond acceptors (Lipinski definition) is 7. The number of nitrogens with two attached hydrogens (primary N) is 1. The lowest BCUT2D eigenvalue weighted by atomic mass is 10.0. The van der Waals surface area contributed by atoms with Crippen LogP contribution in [0.1, 0.15) is 21.6 Å². The molecule has 0 atom stereocenters. The van der Waals surface area contributed by atoms with Gasteiger partial charge in [-0.3, -0.25) is 14.4 Å². The molecule has 0 aliphatic carbocycles. The Kier molecular flexibility index (Phi) is 6.30. The molecule has 29 heavy (non-hydrogen) atoms. The fourth-order valence-corrected chi connectivity index (χ4v) is 3.27. The first kappa shape index (κ1) is 20.6. The minimum absolute atomic E-state index is 0.0873. The van der Waals surface area contributed by atoms with Crippen molar-refractivity contribution in [1.29, 1.82) is 0 Å². The largest absolute Gasteiger partial charge is 0.334 e. The zero-order valence-electron chi connectivity index (χ0n) is 15.3. The predicted molar refractivity (Wildman–Crippen MR) is 112 cm³/mol. The Labute approximate surface area is 175 Å². The highest BCUT2D eigenvalue weighted by Crippen LogP contribution is 2.24. The van der Waals surface area contributed by atoms with E-state index in [1.54, 1.807) is 42.5 Å². The van der Waals surface area contributed by atoms with Crippen molar-refractivity contribution in [2.75, 3.05) is 16.9 Å². The minimum Gasteiger partial charge on any atom is -0.334 e. The number of carbonyl (C=O) groups is 2. The van der Waals surface area contributed by atoms with Gasteiger partial charge in [0.2, 0.25) is 11.1 Å². The van der Waals surface area contributed by atoms with Crippen molar-refractivity contribution >= 4 is 40.7 Å². The Balaban J connectivity index is 1.76. The summed E-state index contributed by atoms with van der Waals surface area (Å²) in [7, 11) is 0. The third kappa shape index (κ3) is 4.82. The number of ketones is 1. The number of thioether (sulfide) groups is 1. The molecule has 3 aromatic rings. The topological polar surface area (TPSA) is 120 Å². The van der Waals surface area contributed by atoms with Gasteiger partial charge in [0.15, 0.2) is 5.78 Å². The molecule has 1 amide bonds. The number of hydrogen-bond donors (Lipinski definition) is 2. The lowest BCUT2D eigenvalue weighted by molar-refractivity contribution is -0.113. The van der Waals surface area contributed by atoms with Gasteiger partial charge in [0.25, 0.3) is 5.56 Å². The number of nitrogens with one attached hydrogen (secondary N) is 1. The third-order valence-electron chi connectivity index (χ3n) is 3.89. The molecule has 1 heterocycles. The van der Waals surface area contributed by atoms with Gasteiger partial charge < -0.3 is 11.2 Å². The first-order valence-corrected chi connectivity index (χ1v) is 9.76. The van der Waals surface area contributed by atoms with Gasteiger partial charge in [-0.05, 0) is 25.1 Å². The number of amides is 1. The number of aryl methyl sites for hydroxylation is 1. The number of nitrogen functional groups attached to an aromatic ring is 1. The molecule has 0 saturated heterocycles. The Hall–Kier alpha value is -3.17. The van der Waals surface area contributed by atoms with E-state index < -0.39 is 11.5 Å². The van der Waals surface area contributed by atoms with Crippen molar-refractivity contribution in [3.8, 4) is 0 Å². The van der Waals surface area contributed by atoms with Gasteiger partial charge in [0.1, 0.15) is 5.69 Å². The van der Waals surface area contributed by atoms with E-state index in [0.717, 1.165) is 16.4 Å². The van der Waals surface area contributed by atoms with Crippen LogP contribution in [0, 0.1) is 6.92 Å². The molecule has 2 aromatic carbocycles. The van der Waals surface area contributed by atoms with Gasteiger partial charge in [-0.15, -0.1) is 10.2 Å². The van der Waals surface area contributed by atoms with Crippen LogP contribution in [-0.2, 0) is 4.79 Å². The lowest BCUT2D eigenvalue weighted by Gasteiger charge is -2.11. The third-order valence-corrected chi connectivity index (χ3v) is 5.07. The van der Waals surface area contributed by atoms with E-state index in [4.69, 9.17) is 17.4 Å². The number of rotatable bonds is 6. The van der Waals surface area contributed by atoms with Crippen LogP contribution < -0.4 is 16.7 Å². The summed E-state index contributed by atoms with van der Waals surface area (Å²) in [5.74, 6) is 4.89. The molecule has 0 saturated carbocycles. The van der Waals surface area contributed by atoms with Crippen molar-refractivity contribution < 1.29 is 9.59 Å². The van der Waals surface area contributed by atoms with Crippen molar-refractivity contribution in [1.82, 2.24) is 14.9 Å². The Morgan fingerprint density at radius 3 is 2.62 bits per heavy atom. The Morgan fingerprint density at radius 2 is 1.90 bits per heavy atom. The van der Waals surface area contributed by atoms with Crippen LogP contribution in [0.4, 0.5) is 5.69 Å². The molecular formula is C19H16ClN5O3S. The summed E-state index contributed by atoms with van der Waals surface area (Å²) in [6.45, 7) is 1.49. The Morgan fingerprint density at radius 1 is 1.17 bits per heavy atom. The van der Waals surface area contributed by atoms with Crippen LogP contribution in [0.15, 0.2) is 58.5 Å². The lowest BCUT2D eigenvalue weighted by Crippen LogP contribution is -2.32. The zero-order valence-corrected chi connectivity index (χ0v) is 16.8. The average molecular weight is 430 g/mol. The SMILES string of the molecule is Cc1nnc(SCC(=O)Nc2ccc(Cl)cc2C(=O)c2ccccc2)n(N)c1=O. The number of benzene rings is 2. The standard InChI is InChI=1S/C19H16ClN5O3S/c1-11-18(28)25(21)19(24-23-11)29-10-16(26)22-15-8-7-13(20)9-14(15)17(27)12-5-3-2-4-6-12/h2-9H,10,21H2,1H3,(H,22,26).